The first-order valence-corrected chi connectivity index (χ1v) is 6.92. The Hall–Kier alpha value is -1.26. The van der Waals surface area contributed by atoms with Crippen LogP contribution >= 0.6 is 11.6 Å². The summed E-state index contributed by atoms with van der Waals surface area (Å²) < 4.78 is 0. The van der Waals surface area contributed by atoms with Gasteiger partial charge in [0.25, 0.3) is 0 Å². The van der Waals surface area contributed by atoms with E-state index in [0.717, 1.165) is 35.8 Å². The Labute approximate surface area is 118 Å². The summed E-state index contributed by atoms with van der Waals surface area (Å²) >= 11 is 6.32. The lowest BCUT2D eigenvalue weighted by atomic mass is 10.1. The van der Waals surface area contributed by atoms with Crippen LogP contribution < -0.4 is 16.0 Å². The maximum atomic E-state index is 11.1. The molecule has 1 amide bonds. The molecule has 2 atom stereocenters. The number of carbonyl (C=O) groups excluding carboxylic acids is 1. The van der Waals surface area contributed by atoms with Crippen LogP contribution in [0.25, 0.3) is 0 Å². The van der Waals surface area contributed by atoms with Crippen molar-refractivity contribution in [1.29, 1.82) is 0 Å². The van der Waals surface area contributed by atoms with Crippen molar-refractivity contribution in [3.05, 3.63) is 28.8 Å². The van der Waals surface area contributed by atoms with E-state index in [-0.39, 0.29) is 18.0 Å². The molecule has 104 valence electrons. The van der Waals surface area contributed by atoms with Gasteiger partial charge < -0.3 is 16.0 Å². The minimum absolute atomic E-state index is 0.0164. The van der Waals surface area contributed by atoms with Crippen LogP contribution in [-0.2, 0) is 4.79 Å². The van der Waals surface area contributed by atoms with Gasteiger partial charge in [-0.1, -0.05) is 17.7 Å². The first kappa shape index (κ1) is 14.2. The molecule has 0 aliphatic carbocycles. The molecule has 1 aromatic carbocycles. The van der Waals surface area contributed by atoms with Gasteiger partial charge in [0.05, 0.1) is 10.7 Å². The number of halogens is 1. The van der Waals surface area contributed by atoms with Crippen LogP contribution in [0.3, 0.4) is 0 Å². The first-order valence-electron chi connectivity index (χ1n) is 6.54. The van der Waals surface area contributed by atoms with Crippen LogP contribution in [0, 0.1) is 0 Å². The number of hydrogen-bond donors (Lipinski definition) is 2. The van der Waals surface area contributed by atoms with Crippen LogP contribution in [0.2, 0.25) is 5.02 Å². The fraction of sp³-hybridized carbons (Fsp3) is 0.500. The zero-order chi connectivity index (χ0) is 14.0. The van der Waals surface area contributed by atoms with E-state index >= 15 is 0 Å². The summed E-state index contributed by atoms with van der Waals surface area (Å²) in [6.07, 6.45) is 0.949. The molecule has 1 saturated heterocycles. The van der Waals surface area contributed by atoms with Gasteiger partial charge in [-0.2, -0.15) is 0 Å². The zero-order valence-electron chi connectivity index (χ0n) is 11.3. The van der Waals surface area contributed by atoms with Gasteiger partial charge in [-0.05, 0) is 31.0 Å². The van der Waals surface area contributed by atoms with E-state index in [2.05, 4.69) is 10.2 Å². The molecule has 0 radical (unpaired) electrons. The Kier molecular flexibility index (Phi) is 4.32. The van der Waals surface area contributed by atoms with E-state index in [1.807, 2.05) is 25.1 Å². The maximum absolute atomic E-state index is 11.1. The molecule has 1 aromatic rings. The average Bonchev–Trinajstić information content (AvgIpc) is 2.76. The van der Waals surface area contributed by atoms with Crippen molar-refractivity contribution in [2.24, 2.45) is 5.73 Å². The molecule has 2 unspecified atom stereocenters. The van der Waals surface area contributed by atoms with Gasteiger partial charge in [0.15, 0.2) is 0 Å². The summed E-state index contributed by atoms with van der Waals surface area (Å²) in [6, 6.07) is 6.14. The third-order valence-electron chi connectivity index (χ3n) is 3.43. The Morgan fingerprint density at radius 2 is 2.32 bits per heavy atom. The van der Waals surface area contributed by atoms with E-state index in [1.54, 1.807) is 6.92 Å². The largest absolute Gasteiger partial charge is 0.368 e. The summed E-state index contributed by atoms with van der Waals surface area (Å²) in [5, 5.41) is 3.67. The van der Waals surface area contributed by atoms with E-state index in [9.17, 15) is 4.79 Å². The number of hydrogen-bond acceptors (Lipinski definition) is 3. The highest BCUT2D eigenvalue weighted by Crippen LogP contribution is 2.30. The fourth-order valence-corrected chi connectivity index (χ4v) is 2.76. The molecule has 2 rings (SSSR count). The van der Waals surface area contributed by atoms with Gasteiger partial charge in [-0.3, -0.25) is 4.79 Å². The van der Waals surface area contributed by atoms with Crippen LogP contribution in [0.1, 0.15) is 31.9 Å². The molecule has 1 fully saturated rings. The first-order chi connectivity index (χ1) is 8.97. The zero-order valence-corrected chi connectivity index (χ0v) is 12.1. The van der Waals surface area contributed by atoms with Gasteiger partial charge in [0.2, 0.25) is 5.91 Å². The molecule has 3 N–H and O–H groups in total. The number of benzene rings is 1. The van der Waals surface area contributed by atoms with E-state index in [1.165, 1.54) is 0 Å². The van der Waals surface area contributed by atoms with Crippen molar-refractivity contribution in [2.75, 3.05) is 18.0 Å². The number of nitrogens with two attached hydrogens (primary N) is 1. The minimum atomic E-state index is -0.0164. The van der Waals surface area contributed by atoms with Crippen LogP contribution in [0.4, 0.5) is 5.69 Å². The summed E-state index contributed by atoms with van der Waals surface area (Å²) in [4.78, 5) is 13.3. The number of carbonyl (C=O) groups is 1. The van der Waals surface area contributed by atoms with Crippen molar-refractivity contribution in [3.63, 3.8) is 0 Å². The number of anilines is 1. The van der Waals surface area contributed by atoms with Gasteiger partial charge in [0, 0.05) is 32.1 Å². The number of nitrogens with one attached hydrogen (secondary N) is 1. The second kappa shape index (κ2) is 5.80. The molecule has 1 aliphatic heterocycles. The molecule has 0 aromatic heterocycles. The Morgan fingerprint density at radius 3 is 2.89 bits per heavy atom. The fourth-order valence-electron chi connectivity index (χ4n) is 2.45. The Balaban J connectivity index is 2.09. The topological polar surface area (TPSA) is 58.4 Å². The second-order valence-electron chi connectivity index (χ2n) is 5.13. The standard InChI is InChI=1S/C14H20ClN3O/c1-9(16)11-3-4-14(13(15)7-11)18-6-5-12(8-18)17-10(2)19/h3-4,7,9,12H,5-6,8,16H2,1-2H3,(H,17,19). The Bertz CT molecular complexity index is 476. The normalized spacial score (nSPS) is 20.4. The van der Waals surface area contributed by atoms with Gasteiger partial charge >= 0.3 is 0 Å². The smallest absolute Gasteiger partial charge is 0.217 e. The SMILES string of the molecule is CC(=O)NC1CCN(c2ccc(C(C)N)cc2Cl)C1. The van der Waals surface area contributed by atoms with Crippen LogP contribution in [0.5, 0.6) is 0 Å². The number of amides is 1. The lowest BCUT2D eigenvalue weighted by Crippen LogP contribution is -2.35. The quantitative estimate of drug-likeness (QED) is 0.892. The van der Waals surface area contributed by atoms with Gasteiger partial charge in [0.1, 0.15) is 0 Å². The highest BCUT2D eigenvalue weighted by Gasteiger charge is 2.24. The molecular formula is C14H20ClN3O. The highest BCUT2D eigenvalue weighted by molar-refractivity contribution is 6.33. The summed E-state index contributed by atoms with van der Waals surface area (Å²) in [6.45, 7) is 5.19. The van der Waals surface area contributed by atoms with Gasteiger partial charge in [-0.15, -0.1) is 0 Å². The van der Waals surface area contributed by atoms with Crippen molar-refractivity contribution in [2.45, 2.75) is 32.4 Å². The maximum Gasteiger partial charge on any atom is 0.217 e. The van der Waals surface area contributed by atoms with Crippen molar-refractivity contribution >= 4 is 23.2 Å². The molecule has 1 aliphatic rings. The van der Waals surface area contributed by atoms with Crippen molar-refractivity contribution in [1.82, 2.24) is 5.32 Å². The summed E-state index contributed by atoms with van der Waals surface area (Å²) in [5.74, 6) is 0.0188. The second-order valence-corrected chi connectivity index (χ2v) is 5.54. The molecule has 5 heteroatoms. The van der Waals surface area contributed by atoms with Crippen molar-refractivity contribution < 1.29 is 4.79 Å². The van der Waals surface area contributed by atoms with Gasteiger partial charge in [-0.25, -0.2) is 0 Å². The molecule has 1 heterocycles. The average molecular weight is 282 g/mol. The summed E-state index contributed by atoms with van der Waals surface area (Å²) in [5.41, 5.74) is 7.89. The van der Waals surface area contributed by atoms with Crippen molar-refractivity contribution in [3.8, 4) is 0 Å². The molecular weight excluding hydrogens is 262 g/mol. The lowest BCUT2D eigenvalue weighted by Gasteiger charge is -2.21. The molecule has 0 saturated carbocycles. The summed E-state index contributed by atoms with van der Waals surface area (Å²) in [7, 11) is 0. The minimum Gasteiger partial charge on any atom is -0.368 e. The van der Waals surface area contributed by atoms with E-state index in [0.29, 0.717) is 0 Å². The molecule has 0 bridgehead atoms. The molecule has 0 spiro atoms. The van der Waals surface area contributed by atoms with E-state index < -0.39 is 0 Å². The monoisotopic (exact) mass is 281 g/mol. The van der Waals surface area contributed by atoms with E-state index in [4.69, 9.17) is 17.3 Å². The number of nitrogens with zero attached hydrogens (tertiary/aromatic N) is 1. The predicted molar refractivity (Wildman–Crippen MR) is 78.5 cm³/mol. The lowest BCUT2D eigenvalue weighted by molar-refractivity contribution is -0.119. The molecule has 4 nitrogen and oxygen atoms in total. The predicted octanol–water partition coefficient (Wildman–Crippen LogP) is 2.07. The third-order valence-corrected chi connectivity index (χ3v) is 3.74. The van der Waals surface area contributed by atoms with Crippen LogP contribution in [-0.4, -0.2) is 25.0 Å². The Morgan fingerprint density at radius 1 is 1.58 bits per heavy atom. The third kappa shape index (κ3) is 3.39. The molecule has 19 heavy (non-hydrogen) atoms. The highest BCUT2D eigenvalue weighted by atomic mass is 35.5. The van der Waals surface area contributed by atoms with Crippen LogP contribution in [0.15, 0.2) is 18.2 Å². The number of rotatable bonds is 3.